The average molecular weight is 411 g/mol. The van der Waals surface area contributed by atoms with E-state index in [-0.39, 0.29) is 23.7 Å². The predicted molar refractivity (Wildman–Crippen MR) is 103 cm³/mol. The fraction of sp³-hybridized carbons (Fsp3) is 0.286. The molecule has 8 nitrogen and oxygen atoms in total. The summed E-state index contributed by atoms with van der Waals surface area (Å²) in [6.45, 7) is 1.43. The molecule has 0 saturated heterocycles. The summed E-state index contributed by atoms with van der Waals surface area (Å²) in [6, 6.07) is 8.63. The van der Waals surface area contributed by atoms with Crippen LogP contribution in [-0.2, 0) is 11.3 Å². The van der Waals surface area contributed by atoms with Gasteiger partial charge in [-0.2, -0.15) is 0 Å². The predicted octanol–water partition coefficient (Wildman–Crippen LogP) is 2.91. The van der Waals surface area contributed by atoms with Crippen molar-refractivity contribution in [3.05, 3.63) is 75.1 Å². The Kier molecular flexibility index (Phi) is 4.81. The number of benzene rings is 2. The molecule has 1 fully saturated rings. The van der Waals surface area contributed by atoms with E-state index in [1.165, 1.54) is 30.0 Å². The quantitative estimate of drug-likeness (QED) is 0.413. The summed E-state index contributed by atoms with van der Waals surface area (Å²) in [4.78, 5) is 51.7. The van der Waals surface area contributed by atoms with E-state index >= 15 is 0 Å². The van der Waals surface area contributed by atoms with Gasteiger partial charge in [0, 0.05) is 24.2 Å². The number of imide groups is 1. The first-order valence-corrected chi connectivity index (χ1v) is 9.50. The minimum absolute atomic E-state index is 0.0177. The zero-order chi connectivity index (χ0) is 21.6. The van der Waals surface area contributed by atoms with E-state index in [2.05, 4.69) is 0 Å². The highest BCUT2D eigenvalue weighted by Gasteiger charge is 2.47. The van der Waals surface area contributed by atoms with E-state index in [4.69, 9.17) is 0 Å². The molecule has 0 radical (unpaired) electrons. The van der Waals surface area contributed by atoms with E-state index < -0.39 is 40.2 Å². The van der Waals surface area contributed by atoms with Gasteiger partial charge in [0.2, 0.25) is 5.91 Å². The smallest absolute Gasteiger partial charge is 0.282 e. The number of hydrogen-bond acceptors (Lipinski definition) is 5. The molecule has 0 unspecified atom stereocenters. The number of halogens is 1. The maximum atomic E-state index is 14.1. The van der Waals surface area contributed by atoms with Gasteiger partial charge in [-0.1, -0.05) is 24.3 Å². The molecule has 9 heteroatoms. The molecule has 2 aromatic rings. The first-order valence-electron chi connectivity index (χ1n) is 9.50. The Labute approximate surface area is 171 Å². The summed E-state index contributed by atoms with van der Waals surface area (Å²) >= 11 is 0. The Bertz CT molecular complexity index is 1080. The van der Waals surface area contributed by atoms with Gasteiger partial charge in [0.15, 0.2) is 0 Å². The Balaban J connectivity index is 1.62. The molecule has 1 aliphatic carbocycles. The van der Waals surface area contributed by atoms with Gasteiger partial charge in [0.05, 0.1) is 10.5 Å². The molecule has 1 atom stereocenters. The van der Waals surface area contributed by atoms with Crippen LogP contribution in [0.15, 0.2) is 42.5 Å². The number of rotatable bonds is 6. The molecule has 1 aliphatic heterocycles. The second kappa shape index (κ2) is 7.33. The fourth-order valence-electron chi connectivity index (χ4n) is 3.72. The summed E-state index contributed by atoms with van der Waals surface area (Å²) < 4.78 is 14.1. The van der Waals surface area contributed by atoms with Crippen LogP contribution < -0.4 is 0 Å². The SMILES string of the molecule is C[C@@H](C(=O)N(Cc1ccccc1F)C1CC1)N1C(=O)c2cccc([N+](=O)[O-])c2C1=O. The van der Waals surface area contributed by atoms with Crippen molar-refractivity contribution in [3.63, 3.8) is 0 Å². The number of nitrogens with zero attached hydrogens (tertiary/aromatic N) is 3. The summed E-state index contributed by atoms with van der Waals surface area (Å²) in [5.74, 6) is -2.57. The van der Waals surface area contributed by atoms with E-state index in [1.54, 1.807) is 18.2 Å². The number of nitro groups is 1. The lowest BCUT2D eigenvalue weighted by Crippen LogP contribution is -2.50. The second-order valence-electron chi connectivity index (χ2n) is 7.40. The van der Waals surface area contributed by atoms with Crippen molar-refractivity contribution in [3.8, 4) is 0 Å². The molecule has 3 amide bonds. The first kappa shape index (κ1) is 19.7. The van der Waals surface area contributed by atoms with E-state index in [0.717, 1.165) is 23.8 Å². The Hall–Kier alpha value is -3.62. The van der Waals surface area contributed by atoms with Crippen LogP contribution in [0, 0.1) is 15.9 Å². The van der Waals surface area contributed by atoms with Crippen LogP contribution in [0.5, 0.6) is 0 Å². The Morgan fingerprint density at radius 2 is 1.90 bits per heavy atom. The van der Waals surface area contributed by atoms with Gasteiger partial charge in [-0.25, -0.2) is 4.39 Å². The number of amides is 3. The Morgan fingerprint density at radius 1 is 1.20 bits per heavy atom. The third kappa shape index (κ3) is 3.22. The highest BCUT2D eigenvalue weighted by Crippen LogP contribution is 2.34. The van der Waals surface area contributed by atoms with Crippen LogP contribution in [0.4, 0.5) is 10.1 Å². The third-order valence-corrected chi connectivity index (χ3v) is 5.43. The van der Waals surface area contributed by atoms with Gasteiger partial charge >= 0.3 is 0 Å². The lowest BCUT2D eigenvalue weighted by molar-refractivity contribution is -0.385. The molecular formula is C21H18FN3O5. The molecule has 2 aliphatic rings. The molecule has 30 heavy (non-hydrogen) atoms. The number of carbonyl (C=O) groups excluding carboxylic acids is 3. The minimum Gasteiger partial charge on any atom is -0.333 e. The van der Waals surface area contributed by atoms with Crippen LogP contribution in [0.25, 0.3) is 0 Å². The largest absolute Gasteiger partial charge is 0.333 e. The van der Waals surface area contributed by atoms with Crippen LogP contribution in [-0.4, -0.2) is 44.5 Å². The molecule has 0 bridgehead atoms. The molecule has 0 N–H and O–H groups in total. The minimum atomic E-state index is -1.18. The lowest BCUT2D eigenvalue weighted by Gasteiger charge is -2.29. The summed E-state index contributed by atoms with van der Waals surface area (Å²) in [6.07, 6.45) is 1.50. The maximum Gasteiger partial charge on any atom is 0.282 e. The van der Waals surface area contributed by atoms with E-state index in [1.807, 2.05) is 0 Å². The van der Waals surface area contributed by atoms with Crippen LogP contribution in [0.3, 0.4) is 0 Å². The standard InChI is InChI=1S/C21H18FN3O5/c1-12(19(26)23(14-9-10-14)11-13-5-2-3-7-16(13)22)24-20(27)15-6-4-8-17(25(29)30)18(15)21(24)28/h2-8,12,14H,9-11H2,1H3/t12-/m0/s1. The average Bonchev–Trinajstić information content (AvgIpc) is 3.53. The summed E-state index contributed by atoms with van der Waals surface area (Å²) in [7, 11) is 0. The zero-order valence-corrected chi connectivity index (χ0v) is 16.1. The molecule has 154 valence electrons. The van der Waals surface area contributed by atoms with Gasteiger partial charge < -0.3 is 4.90 Å². The van der Waals surface area contributed by atoms with Crippen molar-refractivity contribution >= 4 is 23.4 Å². The molecule has 0 aromatic heterocycles. The summed E-state index contributed by atoms with van der Waals surface area (Å²) in [5.41, 5.74) is -0.540. The van der Waals surface area contributed by atoms with Crippen molar-refractivity contribution in [1.29, 1.82) is 0 Å². The molecule has 1 saturated carbocycles. The van der Waals surface area contributed by atoms with Crippen LogP contribution in [0.1, 0.15) is 46.0 Å². The van der Waals surface area contributed by atoms with Crippen LogP contribution >= 0.6 is 0 Å². The zero-order valence-electron chi connectivity index (χ0n) is 16.1. The van der Waals surface area contributed by atoms with Gasteiger partial charge in [-0.15, -0.1) is 0 Å². The number of fused-ring (bicyclic) bond motifs is 1. The number of carbonyl (C=O) groups is 3. The highest BCUT2D eigenvalue weighted by molar-refractivity contribution is 6.24. The first-order chi connectivity index (χ1) is 14.3. The van der Waals surface area contributed by atoms with Gasteiger partial charge in [-0.3, -0.25) is 29.4 Å². The lowest BCUT2D eigenvalue weighted by atomic mass is 10.1. The molecule has 4 rings (SSSR count). The Morgan fingerprint density at radius 3 is 2.53 bits per heavy atom. The molecule has 0 spiro atoms. The third-order valence-electron chi connectivity index (χ3n) is 5.43. The van der Waals surface area contributed by atoms with Gasteiger partial charge in [0.25, 0.3) is 17.5 Å². The summed E-state index contributed by atoms with van der Waals surface area (Å²) in [5, 5.41) is 11.3. The molecule has 1 heterocycles. The number of nitro benzene ring substituents is 1. The van der Waals surface area contributed by atoms with Crippen molar-refractivity contribution in [1.82, 2.24) is 9.80 Å². The normalized spacial score (nSPS) is 16.4. The van der Waals surface area contributed by atoms with Gasteiger partial charge in [0.1, 0.15) is 17.4 Å². The van der Waals surface area contributed by atoms with Crippen molar-refractivity contribution < 1.29 is 23.7 Å². The van der Waals surface area contributed by atoms with Crippen molar-refractivity contribution in [2.24, 2.45) is 0 Å². The second-order valence-corrected chi connectivity index (χ2v) is 7.40. The molecule has 2 aromatic carbocycles. The fourth-order valence-corrected chi connectivity index (χ4v) is 3.72. The monoisotopic (exact) mass is 411 g/mol. The van der Waals surface area contributed by atoms with Crippen molar-refractivity contribution in [2.75, 3.05) is 0 Å². The van der Waals surface area contributed by atoms with Crippen molar-refractivity contribution in [2.45, 2.75) is 38.4 Å². The highest BCUT2D eigenvalue weighted by atomic mass is 19.1. The van der Waals surface area contributed by atoms with Gasteiger partial charge in [-0.05, 0) is 31.9 Å². The topological polar surface area (TPSA) is 101 Å². The maximum absolute atomic E-state index is 14.1. The van der Waals surface area contributed by atoms with E-state index in [9.17, 15) is 28.9 Å². The molecular weight excluding hydrogens is 393 g/mol. The van der Waals surface area contributed by atoms with Crippen LogP contribution in [0.2, 0.25) is 0 Å². The van der Waals surface area contributed by atoms with E-state index in [0.29, 0.717) is 5.56 Å². The number of hydrogen-bond donors (Lipinski definition) is 0.